The van der Waals surface area contributed by atoms with Crippen molar-refractivity contribution < 1.29 is 34.5 Å². The maximum Gasteiger partial charge on any atom is 0.323 e. The summed E-state index contributed by atoms with van der Waals surface area (Å²) in [5.41, 5.74) is 12.9. The van der Waals surface area contributed by atoms with Crippen LogP contribution in [0, 0.1) is 0 Å². The van der Waals surface area contributed by atoms with Crippen LogP contribution < -0.4 is 11.5 Å². The number of carboxylic acids is 2. The number of carbonyl (C=O) groups excluding carboxylic acids is 2. The number of aliphatic hydroxyl groups is 1. The van der Waals surface area contributed by atoms with E-state index in [1.54, 1.807) is 12.1 Å². The van der Waals surface area contributed by atoms with Crippen LogP contribution in [0.2, 0.25) is 0 Å². The van der Waals surface area contributed by atoms with Crippen LogP contribution in [-0.2, 0) is 19.2 Å². The van der Waals surface area contributed by atoms with Crippen molar-refractivity contribution in [2.24, 2.45) is 11.5 Å². The molecular formula is C20H25N3O7S. The highest BCUT2D eigenvalue weighted by molar-refractivity contribution is 8.00. The summed E-state index contributed by atoms with van der Waals surface area (Å²) in [4.78, 5) is 47.3. The zero-order chi connectivity index (χ0) is 23.1. The number of thioether (sulfide) groups is 1. The molecule has 2 rings (SSSR count). The van der Waals surface area contributed by atoms with E-state index in [2.05, 4.69) is 0 Å². The Morgan fingerprint density at radius 1 is 1.10 bits per heavy atom. The molecule has 1 unspecified atom stereocenters. The van der Waals surface area contributed by atoms with Crippen molar-refractivity contribution in [3.63, 3.8) is 0 Å². The number of carboxylic acid groups (broad SMARTS) is 2. The lowest BCUT2D eigenvalue weighted by molar-refractivity contribution is -0.153. The molecule has 0 aliphatic heterocycles. The number of amides is 2. The quantitative estimate of drug-likeness (QED) is 0.319. The average Bonchev–Trinajstić information content (AvgIpc) is 2.74. The first kappa shape index (κ1) is 24.5. The van der Waals surface area contributed by atoms with Gasteiger partial charge in [0.25, 0.3) is 0 Å². The zero-order valence-corrected chi connectivity index (χ0v) is 17.4. The van der Waals surface area contributed by atoms with Crippen LogP contribution in [0.5, 0.6) is 0 Å². The Morgan fingerprint density at radius 3 is 2.42 bits per heavy atom. The minimum absolute atomic E-state index is 0.0328. The lowest BCUT2D eigenvalue weighted by Gasteiger charge is -2.27. The number of aliphatic hydroxyl groups excluding tert-OH is 1. The van der Waals surface area contributed by atoms with Crippen LogP contribution in [0.4, 0.5) is 0 Å². The Hall–Kier alpha value is -2.73. The second kappa shape index (κ2) is 11.0. The van der Waals surface area contributed by atoms with E-state index in [-0.39, 0.29) is 17.4 Å². The molecule has 4 atom stereocenters. The van der Waals surface area contributed by atoms with Crippen molar-refractivity contribution in [3.05, 3.63) is 41.5 Å². The van der Waals surface area contributed by atoms with Crippen molar-refractivity contribution in [2.75, 3.05) is 12.3 Å². The number of benzene rings is 1. The minimum atomic E-state index is -1.41. The molecule has 1 aromatic rings. The van der Waals surface area contributed by atoms with Gasteiger partial charge in [0.15, 0.2) is 0 Å². The summed E-state index contributed by atoms with van der Waals surface area (Å²) < 4.78 is 0. The van der Waals surface area contributed by atoms with Crippen molar-refractivity contribution >= 4 is 41.6 Å². The van der Waals surface area contributed by atoms with Gasteiger partial charge in [-0.05, 0) is 17.5 Å². The van der Waals surface area contributed by atoms with Gasteiger partial charge in [0, 0.05) is 12.2 Å². The van der Waals surface area contributed by atoms with E-state index in [0.717, 1.165) is 11.1 Å². The zero-order valence-electron chi connectivity index (χ0n) is 16.6. The lowest BCUT2D eigenvalue weighted by Crippen LogP contribution is -2.50. The maximum atomic E-state index is 12.6. The van der Waals surface area contributed by atoms with Gasteiger partial charge in [0.1, 0.15) is 12.6 Å². The first-order valence-electron chi connectivity index (χ1n) is 9.48. The molecule has 1 aromatic carbocycles. The average molecular weight is 452 g/mol. The Morgan fingerprint density at radius 2 is 1.77 bits per heavy atom. The van der Waals surface area contributed by atoms with Crippen molar-refractivity contribution in [2.45, 2.75) is 36.3 Å². The molecule has 0 saturated carbocycles. The summed E-state index contributed by atoms with van der Waals surface area (Å²) in [6.45, 7) is -0.891. The van der Waals surface area contributed by atoms with Crippen LogP contribution in [0.3, 0.4) is 0 Å². The SMILES string of the molecule is N[C@@H](CCC(=O)N(CC(=O)O)C(=O)[C@@H](N)CSC1C=Cc2ccccc2[C@H]1O)C(=O)O. The van der Waals surface area contributed by atoms with Gasteiger partial charge in [0.05, 0.1) is 17.4 Å². The number of nitrogens with zero attached hydrogens (tertiary/aromatic N) is 1. The van der Waals surface area contributed by atoms with Crippen molar-refractivity contribution in [1.82, 2.24) is 4.90 Å². The van der Waals surface area contributed by atoms with Gasteiger partial charge in [-0.2, -0.15) is 0 Å². The third kappa shape index (κ3) is 6.62. The van der Waals surface area contributed by atoms with E-state index >= 15 is 0 Å². The summed E-state index contributed by atoms with van der Waals surface area (Å²) in [5, 5.41) is 28.0. The molecule has 10 nitrogen and oxygen atoms in total. The molecule has 1 aliphatic rings. The van der Waals surface area contributed by atoms with Gasteiger partial charge in [-0.3, -0.25) is 24.1 Å². The molecular weight excluding hydrogens is 426 g/mol. The van der Waals surface area contributed by atoms with Gasteiger partial charge in [-0.25, -0.2) is 0 Å². The van der Waals surface area contributed by atoms with Crippen molar-refractivity contribution in [1.29, 1.82) is 0 Å². The highest BCUT2D eigenvalue weighted by Crippen LogP contribution is 2.34. The number of fused-ring (bicyclic) bond motifs is 1. The van der Waals surface area contributed by atoms with Crippen LogP contribution in [0.25, 0.3) is 6.08 Å². The van der Waals surface area contributed by atoms with E-state index in [4.69, 9.17) is 21.7 Å². The smallest absolute Gasteiger partial charge is 0.323 e. The van der Waals surface area contributed by atoms with E-state index < -0.39 is 54.9 Å². The number of imide groups is 1. The van der Waals surface area contributed by atoms with Gasteiger partial charge >= 0.3 is 11.9 Å². The summed E-state index contributed by atoms with van der Waals surface area (Å²) in [7, 11) is 0. The van der Waals surface area contributed by atoms with Gasteiger partial charge in [0.2, 0.25) is 11.8 Å². The van der Waals surface area contributed by atoms with Crippen LogP contribution in [0.15, 0.2) is 30.3 Å². The topological polar surface area (TPSA) is 184 Å². The summed E-state index contributed by atoms with van der Waals surface area (Å²) >= 11 is 1.21. The van der Waals surface area contributed by atoms with Gasteiger partial charge < -0.3 is 26.8 Å². The van der Waals surface area contributed by atoms with Crippen LogP contribution >= 0.6 is 11.8 Å². The number of aliphatic carboxylic acids is 2. The first-order valence-corrected chi connectivity index (χ1v) is 10.5. The Balaban J connectivity index is 1.98. The predicted octanol–water partition coefficient (Wildman–Crippen LogP) is -0.192. The molecule has 0 saturated heterocycles. The van der Waals surface area contributed by atoms with Crippen LogP contribution in [0.1, 0.15) is 30.1 Å². The number of carbonyl (C=O) groups is 4. The molecule has 0 spiro atoms. The Kier molecular flexibility index (Phi) is 8.75. The number of hydrogen-bond acceptors (Lipinski definition) is 8. The molecule has 11 heteroatoms. The third-order valence-electron chi connectivity index (χ3n) is 4.72. The fraction of sp³-hybridized carbons (Fsp3) is 0.400. The van der Waals surface area contributed by atoms with E-state index in [1.807, 2.05) is 24.3 Å². The highest BCUT2D eigenvalue weighted by Gasteiger charge is 2.31. The fourth-order valence-corrected chi connectivity index (χ4v) is 4.10. The molecule has 0 fully saturated rings. The standard InChI is InChI=1S/C20H25N3O7S/c21-13(20(29)30)6-8-16(24)23(9-17(25)26)19(28)14(22)10-31-15-7-5-11-3-1-2-4-12(11)18(15)27/h1-5,7,13-15,18,27H,6,8-10,21-22H2,(H,25,26)(H,29,30)/t13-,14-,15?,18+/m0/s1. The first-order chi connectivity index (χ1) is 14.6. The Labute approximate surface area is 182 Å². The van der Waals surface area contributed by atoms with E-state index in [9.17, 15) is 24.3 Å². The van der Waals surface area contributed by atoms with E-state index in [0.29, 0.717) is 4.90 Å². The van der Waals surface area contributed by atoms with Gasteiger partial charge in [-0.1, -0.05) is 36.4 Å². The highest BCUT2D eigenvalue weighted by atomic mass is 32.2. The summed E-state index contributed by atoms with van der Waals surface area (Å²) in [6, 6.07) is 4.84. The Bertz CT molecular complexity index is 876. The predicted molar refractivity (Wildman–Crippen MR) is 114 cm³/mol. The number of hydrogen-bond donors (Lipinski definition) is 5. The molecule has 168 valence electrons. The maximum absolute atomic E-state index is 12.6. The molecule has 31 heavy (non-hydrogen) atoms. The van der Waals surface area contributed by atoms with E-state index in [1.165, 1.54) is 11.8 Å². The fourth-order valence-electron chi connectivity index (χ4n) is 3.01. The van der Waals surface area contributed by atoms with Gasteiger partial charge in [-0.15, -0.1) is 11.8 Å². The summed E-state index contributed by atoms with van der Waals surface area (Å²) in [5.74, 6) is -4.44. The molecule has 0 aromatic heterocycles. The number of rotatable bonds is 10. The monoisotopic (exact) mass is 451 g/mol. The number of nitrogens with two attached hydrogens (primary N) is 2. The largest absolute Gasteiger partial charge is 0.480 e. The summed E-state index contributed by atoms with van der Waals surface area (Å²) in [6.07, 6.45) is 2.19. The van der Waals surface area contributed by atoms with Crippen LogP contribution in [-0.4, -0.2) is 73.6 Å². The van der Waals surface area contributed by atoms with Crippen molar-refractivity contribution in [3.8, 4) is 0 Å². The molecule has 2 amide bonds. The molecule has 0 bridgehead atoms. The minimum Gasteiger partial charge on any atom is -0.480 e. The molecule has 0 heterocycles. The molecule has 1 aliphatic carbocycles. The molecule has 0 radical (unpaired) electrons. The lowest BCUT2D eigenvalue weighted by atomic mass is 9.95. The third-order valence-corrected chi connectivity index (χ3v) is 6.08. The molecule has 7 N–H and O–H groups in total. The second-order valence-electron chi connectivity index (χ2n) is 7.03. The normalized spacial score (nSPS) is 19.2. The second-order valence-corrected chi connectivity index (χ2v) is 8.24.